The fourth-order valence-corrected chi connectivity index (χ4v) is 2.76. The van der Waals surface area contributed by atoms with Crippen molar-refractivity contribution in [1.82, 2.24) is 4.90 Å². The van der Waals surface area contributed by atoms with Crippen LogP contribution in [0.5, 0.6) is 0 Å². The molecule has 0 saturated heterocycles. The molecule has 2 aromatic carbocycles. The number of halogens is 3. The molecule has 0 aliphatic carbocycles. The van der Waals surface area contributed by atoms with E-state index >= 15 is 0 Å². The minimum absolute atomic E-state index is 0.0781. The Morgan fingerprint density at radius 3 is 2.52 bits per heavy atom. The number of fused-ring (bicyclic) bond motifs is 1. The van der Waals surface area contributed by atoms with E-state index < -0.39 is 29.4 Å². The monoisotopic (exact) mass is 364 g/mol. The number of nitrogens with one attached hydrogen (secondary N) is 1. The lowest BCUT2D eigenvalue weighted by Crippen LogP contribution is -2.32. The van der Waals surface area contributed by atoms with Gasteiger partial charge in [0, 0.05) is 24.7 Å². The lowest BCUT2D eigenvalue weighted by atomic mass is 10.1. The zero-order chi connectivity index (χ0) is 18.1. The number of hydrogen-bond donors (Lipinski definition) is 1. The van der Waals surface area contributed by atoms with Crippen LogP contribution >= 0.6 is 11.6 Å². The van der Waals surface area contributed by atoms with Crippen LogP contribution in [0.25, 0.3) is 0 Å². The minimum atomic E-state index is -1.09. The number of carbonyl (C=O) groups excluding carboxylic acids is 3. The first kappa shape index (κ1) is 17.0. The predicted molar refractivity (Wildman–Crippen MR) is 86.4 cm³/mol. The first-order chi connectivity index (χ1) is 11.9. The molecule has 0 aromatic heterocycles. The van der Waals surface area contributed by atoms with Gasteiger partial charge in [-0.1, -0.05) is 17.7 Å². The molecule has 128 valence electrons. The number of hydrogen-bond acceptors (Lipinski definition) is 3. The zero-order valence-corrected chi connectivity index (χ0v) is 13.4. The summed E-state index contributed by atoms with van der Waals surface area (Å²) in [7, 11) is 0. The Kier molecular flexibility index (Phi) is 4.50. The van der Waals surface area contributed by atoms with Gasteiger partial charge in [0.1, 0.15) is 0 Å². The maximum Gasteiger partial charge on any atom is 0.263 e. The van der Waals surface area contributed by atoms with Crippen molar-refractivity contribution in [3.05, 3.63) is 64.2 Å². The van der Waals surface area contributed by atoms with Crippen molar-refractivity contribution in [2.24, 2.45) is 0 Å². The van der Waals surface area contributed by atoms with Crippen molar-refractivity contribution in [3.63, 3.8) is 0 Å². The van der Waals surface area contributed by atoms with Gasteiger partial charge in [-0.2, -0.15) is 0 Å². The third-order valence-corrected chi connectivity index (χ3v) is 4.03. The van der Waals surface area contributed by atoms with Crippen molar-refractivity contribution in [1.29, 1.82) is 0 Å². The van der Waals surface area contributed by atoms with E-state index in [9.17, 15) is 23.2 Å². The van der Waals surface area contributed by atoms with E-state index in [0.717, 1.165) is 17.0 Å². The van der Waals surface area contributed by atoms with Gasteiger partial charge in [0.05, 0.1) is 16.1 Å². The van der Waals surface area contributed by atoms with Crippen LogP contribution in [-0.4, -0.2) is 29.2 Å². The maximum atomic E-state index is 13.1. The molecule has 5 nitrogen and oxygen atoms in total. The molecule has 2 aromatic rings. The second-order valence-electron chi connectivity index (χ2n) is 5.35. The molecule has 8 heteroatoms. The third kappa shape index (κ3) is 3.23. The lowest BCUT2D eigenvalue weighted by molar-refractivity contribution is -0.116. The van der Waals surface area contributed by atoms with Crippen molar-refractivity contribution in [3.8, 4) is 0 Å². The molecule has 3 rings (SSSR count). The molecule has 1 heterocycles. The van der Waals surface area contributed by atoms with E-state index in [1.165, 1.54) is 18.2 Å². The van der Waals surface area contributed by atoms with Gasteiger partial charge >= 0.3 is 0 Å². The number of amides is 3. The summed E-state index contributed by atoms with van der Waals surface area (Å²) in [4.78, 5) is 37.4. The largest absolute Gasteiger partial charge is 0.326 e. The maximum absolute atomic E-state index is 13.1. The molecule has 0 fully saturated rings. The number of carbonyl (C=O) groups is 3. The second kappa shape index (κ2) is 6.60. The number of anilines is 1. The highest BCUT2D eigenvalue weighted by Gasteiger charge is 2.37. The van der Waals surface area contributed by atoms with Gasteiger partial charge in [0.25, 0.3) is 11.8 Å². The molecular weight excluding hydrogens is 354 g/mol. The molecule has 1 aliphatic heterocycles. The Morgan fingerprint density at radius 1 is 1.08 bits per heavy atom. The van der Waals surface area contributed by atoms with Crippen LogP contribution in [-0.2, 0) is 4.79 Å². The van der Waals surface area contributed by atoms with Gasteiger partial charge in [-0.25, -0.2) is 8.78 Å². The van der Waals surface area contributed by atoms with Gasteiger partial charge in [-0.3, -0.25) is 19.3 Å². The Labute approximate surface area is 146 Å². The van der Waals surface area contributed by atoms with Crippen LogP contribution in [0.15, 0.2) is 36.4 Å². The van der Waals surface area contributed by atoms with E-state index in [4.69, 9.17) is 11.6 Å². The first-order valence-electron chi connectivity index (χ1n) is 7.28. The molecule has 1 aliphatic rings. The summed E-state index contributed by atoms with van der Waals surface area (Å²) in [5.74, 6) is -3.75. The van der Waals surface area contributed by atoms with Gasteiger partial charge in [-0.15, -0.1) is 0 Å². The second-order valence-corrected chi connectivity index (χ2v) is 5.76. The summed E-state index contributed by atoms with van der Waals surface area (Å²) >= 11 is 5.95. The van der Waals surface area contributed by atoms with Crippen LogP contribution in [0.4, 0.5) is 14.5 Å². The van der Waals surface area contributed by atoms with Crippen molar-refractivity contribution in [2.75, 3.05) is 11.9 Å². The van der Waals surface area contributed by atoms with Gasteiger partial charge < -0.3 is 5.32 Å². The molecule has 0 spiro atoms. The number of nitrogens with zero attached hydrogens (tertiary/aromatic N) is 1. The van der Waals surface area contributed by atoms with Gasteiger partial charge in [-0.05, 0) is 24.3 Å². The van der Waals surface area contributed by atoms with Crippen LogP contribution in [0, 0.1) is 11.6 Å². The van der Waals surface area contributed by atoms with Crippen LogP contribution in [0.2, 0.25) is 5.02 Å². The summed E-state index contributed by atoms with van der Waals surface area (Å²) in [5.41, 5.74) is 0.392. The molecule has 1 N–H and O–H groups in total. The van der Waals surface area contributed by atoms with E-state index in [-0.39, 0.29) is 34.8 Å². The quantitative estimate of drug-likeness (QED) is 0.847. The molecule has 0 radical (unpaired) electrons. The van der Waals surface area contributed by atoms with Crippen LogP contribution in [0.3, 0.4) is 0 Å². The summed E-state index contributed by atoms with van der Waals surface area (Å²) in [6.45, 7) is -0.155. The lowest BCUT2D eigenvalue weighted by Gasteiger charge is -2.13. The minimum Gasteiger partial charge on any atom is -0.326 e. The topological polar surface area (TPSA) is 66.5 Å². The van der Waals surface area contributed by atoms with E-state index in [1.807, 2.05) is 0 Å². The fraction of sp³-hybridized carbons (Fsp3) is 0.118. The van der Waals surface area contributed by atoms with Gasteiger partial charge in [0.2, 0.25) is 5.91 Å². The van der Waals surface area contributed by atoms with E-state index in [1.54, 1.807) is 6.07 Å². The van der Waals surface area contributed by atoms with Crippen LogP contribution in [0.1, 0.15) is 27.1 Å². The smallest absolute Gasteiger partial charge is 0.263 e. The van der Waals surface area contributed by atoms with Gasteiger partial charge in [0.15, 0.2) is 11.6 Å². The highest BCUT2D eigenvalue weighted by Crippen LogP contribution is 2.29. The highest BCUT2D eigenvalue weighted by molar-refractivity contribution is 6.37. The summed E-state index contributed by atoms with van der Waals surface area (Å²) < 4.78 is 26.0. The average Bonchev–Trinajstić information content (AvgIpc) is 2.81. The summed E-state index contributed by atoms with van der Waals surface area (Å²) in [5, 5.41) is 2.55. The Bertz CT molecular complexity index is 901. The third-order valence-electron chi connectivity index (χ3n) is 3.71. The molecule has 3 amide bonds. The van der Waals surface area contributed by atoms with E-state index in [0.29, 0.717) is 0 Å². The molecule has 0 saturated carbocycles. The standard InChI is InChI=1S/C17H11ClF2N2O3/c18-11-3-1-2-10-15(11)17(25)22(16(10)24)7-6-14(23)21-9-4-5-12(19)13(20)8-9/h1-5,8H,6-7H2,(H,21,23). The number of imide groups is 1. The first-order valence-corrected chi connectivity index (χ1v) is 7.66. The van der Waals surface area contributed by atoms with E-state index in [2.05, 4.69) is 5.32 Å². The summed E-state index contributed by atoms with van der Waals surface area (Å²) in [6, 6.07) is 7.49. The highest BCUT2D eigenvalue weighted by atomic mass is 35.5. The van der Waals surface area contributed by atoms with Crippen molar-refractivity contribution < 1.29 is 23.2 Å². The molecule has 0 unspecified atom stereocenters. The van der Waals surface area contributed by atoms with Crippen molar-refractivity contribution in [2.45, 2.75) is 6.42 Å². The Morgan fingerprint density at radius 2 is 1.84 bits per heavy atom. The number of rotatable bonds is 4. The normalized spacial score (nSPS) is 13.2. The fourth-order valence-electron chi connectivity index (χ4n) is 2.51. The van der Waals surface area contributed by atoms with Crippen molar-refractivity contribution >= 4 is 35.0 Å². The number of benzene rings is 2. The molecule has 0 bridgehead atoms. The Hall–Kier alpha value is -2.80. The van der Waals surface area contributed by atoms with Crippen LogP contribution < -0.4 is 5.32 Å². The SMILES string of the molecule is O=C(CCN1C(=O)c2cccc(Cl)c2C1=O)Nc1ccc(F)c(F)c1. The zero-order valence-electron chi connectivity index (χ0n) is 12.7. The summed E-state index contributed by atoms with van der Waals surface area (Å²) in [6.07, 6.45) is -0.192. The molecule has 25 heavy (non-hydrogen) atoms. The molecular formula is C17H11ClF2N2O3. The average molecular weight is 365 g/mol. The molecule has 0 atom stereocenters. The Balaban J connectivity index is 1.65. The predicted octanol–water partition coefficient (Wildman–Crippen LogP) is 3.24.